The van der Waals surface area contributed by atoms with Gasteiger partial charge in [0.1, 0.15) is 4.88 Å². The first-order valence-electron chi connectivity index (χ1n) is 5.51. The van der Waals surface area contributed by atoms with E-state index in [4.69, 9.17) is 11.6 Å². The van der Waals surface area contributed by atoms with Crippen molar-refractivity contribution in [2.45, 2.75) is 32.2 Å². The molecule has 2 heterocycles. The largest absolute Gasteiger partial charge is 0.334 e. The minimum Gasteiger partial charge on any atom is -0.334 e. The molecule has 88 valence electrons. The number of thiazole rings is 1. The van der Waals surface area contributed by atoms with Crippen LogP contribution in [0, 0.1) is 6.92 Å². The zero-order valence-corrected chi connectivity index (χ0v) is 10.9. The summed E-state index contributed by atoms with van der Waals surface area (Å²) < 4.78 is 0. The molecule has 5 heteroatoms. The van der Waals surface area contributed by atoms with Gasteiger partial charge >= 0.3 is 0 Å². The number of carbonyl (C=O) groups excluding carboxylic acids is 1. The Bertz CT molecular complexity index is 380. The maximum Gasteiger partial charge on any atom is 0.265 e. The van der Waals surface area contributed by atoms with E-state index < -0.39 is 0 Å². The molecular formula is C11H15ClN2OS. The zero-order valence-electron chi connectivity index (χ0n) is 9.28. The molecule has 1 saturated heterocycles. The van der Waals surface area contributed by atoms with Crippen molar-refractivity contribution in [3.63, 3.8) is 0 Å². The fraction of sp³-hybridized carbons (Fsp3) is 0.636. The molecule has 1 unspecified atom stereocenters. The van der Waals surface area contributed by atoms with Crippen molar-refractivity contribution in [2.24, 2.45) is 0 Å². The van der Waals surface area contributed by atoms with Crippen LogP contribution in [-0.4, -0.2) is 34.3 Å². The first-order chi connectivity index (χ1) is 7.72. The van der Waals surface area contributed by atoms with Crippen LogP contribution in [0.15, 0.2) is 6.20 Å². The molecule has 0 aliphatic carbocycles. The SMILES string of the molecule is Cc1ncc(C(=O)N2CCCCC2CCl)s1. The van der Waals surface area contributed by atoms with Crippen molar-refractivity contribution in [2.75, 3.05) is 12.4 Å². The summed E-state index contributed by atoms with van der Waals surface area (Å²) in [5, 5.41) is 0.933. The number of halogens is 1. The molecule has 0 bridgehead atoms. The summed E-state index contributed by atoms with van der Waals surface area (Å²) in [7, 11) is 0. The summed E-state index contributed by atoms with van der Waals surface area (Å²) in [6.07, 6.45) is 4.94. The lowest BCUT2D eigenvalue weighted by atomic mass is 10.0. The quantitative estimate of drug-likeness (QED) is 0.765. The van der Waals surface area contributed by atoms with Gasteiger partial charge in [-0.15, -0.1) is 22.9 Å². The van der Waals surface area contributed by atoms with Crippen LogP contribution in [0.3, 0.4) is 0 Å². The molecule has 1 aromatic heterocycles. The van der Waals surface area contributed by atoms with E-state index in [1.165, 1.54) is 17.8 Å². The van der Waals surface area contributed by atoms with E-state index in [1.54, 1.807) is 6.20 Å². The first-order valence-corrected chi connectivity index (χ1v) is 6.87. The number of alkyl halides is 1. The Morgan fingerprint density at radius 1 is 1.69 bits per heavy atom. The van der Waals surface area contributed by atoms with Crippen LogP contribution in [0.25, 0.3) is 0 Å². The fourth-order valence-corrected chi connectivity index (χ4v) is 3.08. The van der Waals surface area contributed by atoms with Crippen molar-refractivity contribution in [1.82, 2.24) is 9.88 Å². The lowest BCUT2D eigenvalue weighted by molar-refractivity contribution is 0.0644. The summed E-state index contributed by atoms with van der Waals surface area (Å²) in [6.45, 7) is 2.74. The van der Waals surface area contributed by atoms with Gasteiger partial charge in [0.05, 0.1) is 11.2 Å². The highest BCUT2D eigenvalue weighted by molar-refractivity contribution is 7.13. The average molecular weight is 259 g/mol. The first kappa shape index (κ1) is 11.9. The van der Waals surface area contributed by atoms with Gasteiger partial charge in [-0.1, -0.05) is 0 Å². The highest BCUT2D eigenvalue weighted by Gasteiger charge is 2.27. The Morgan fingerprint density at radius 2 is 2.50 bits per heavy atom. The number of hydrogen-bond donors (Lipinski definition) is 0. The van der Waals surface area contributed by atoms with E-state index in [0.717, 1.165) is 29.3 Å². The third-order valence-corrected chi connectivity index (χ3v) is 4.16. The van der Waals surface area contributed by atoms with Gasteiger partial charge in [-0.3, -0.25) is 4.79 Å². The van der Waals surface area contributed by atoms with Crippen molar-refractivity contribution >= 4 is 28.8 Å². The summed E-state index contributed by atoms with van der Waals surface area (Å²) in [5.74, 6) is 0.625. The zero-order chi connectivity index (χ0) is 11.5. The normalized spacial score (nSPS) is 21.1. The molecule has 1 aliphatic rings. The van der Waals surface area contributed by atoms with Crippen molar-refractivity contribution in [3.8, 4) is 0 Å². The number of nitrogens with zero attached hydrogens (tertiary/aromatic N) is 2. The Balaban J connectivity index is 2.13. The maximum atomic E-state index is 12.2. The van der Waals surface area contributed by atoms with Gasteiger partial charge < -0.3 is 4.90 Å². The van der Waals surface area contributed by atoms with Crippen LogP contribution < -0.4 is 0 Å². The van der Waals surface area contributed by atoms with Crippen LogP contribution in [0.5, 0.6) is 0 Å². The topological polar surface area (TPSA) is 33.2 Å². The van der Waals surface area contributed by atoms with E-state index >= 15 is 0 Å². The van der Waals surface area contributed by atoms with Gasteiger partial charge in [0.2, 0.25) is 0 Å². The van der Waals surface area contributed by atoms with Gasteiger partial charge in [-0.25, -0.2) is 4.98 Å². The van der Waals surface area contributed by atoms with Crippen molar-refractivity contribution < 1.29 is 4.79 Å². The predicted octanol–water partition coefficient (Wildman–Crippen LogP) is 2.69. The van der Waals surface area contributed by atoms with Gasteiger partial charge in [-0.2, -0.15) is 0 Å². The number of hydrogen-bond acceptors (Lipinski definition) is 3. The lowest BCUT2D eigenvalue weighted by Gasteiger charge is -2.34. The molecule has 0 N–H and O–H groups in total. The van der Waals surface area contributed by atoms with Crippen molar-refractivity contribution in [3.05, 3.63) is 16.1 Å². The summed E-state index contributed by atoms with van der Waals surface area (Å²) in [4.78, 5) is 19.0. The Labute approximate surface area is 104 Å². The molecule has 1 aliphatic heterocycles. The second-order valence-electron chi connectivity index (χ2n) is 4.05. The summed E-state index contributed by atoms with van der Waals surface area (Å²) >= 11 is 7.36. The average Bonchev–Trinajstić information content (AvgIpc) is 2.75. The maximum absolute atomic E-state index is 12.2. The van der Waals surface area contributed by atoms with Gasteiger partial charge in [0, 0.05) is 18.5 Å². The minimum atomic E-state index is 0.0935. The number of likely N-dealkylation sites (tertiary alicyclic amines) is 1. The van der Waals surface area contributed by atoms with E-state index in [1.807, 2.05) is 11.8 Å². The molecule has 1 amide bonds. The molecule has 3 nitrogen and oxygen atoms in total. The van der Waals surface area contributed by atoms with Gasteiger partial charge in [-0.05, 0) is 26.2 Å². The molecule has 1 fully saturated rings. The standard InChI is InChI=1S/C11H15ClN2OS/c1-8-13-7-10(16-8)11(15)14-5-3-2-4-9(14)6-12/h7,9H,2-6H2,1H3. The van der Waals surface area contributed by atoms with Crippen LogP contribution in [0.1, 0.15) is 33.9 Å². The number of rotatable bonds is 2. The lowest BCUT2D eigenvalue weighted by Crippen LogP contribution is -2.44. The van der Waals surface area contributed by atoms with Gasteiger partial charge in [0.25, 0.3) is 5.91 Å². The van der Waals surface area contributed by atoms with Crippen LogP contribution >= 0.6 is 22.9 Å². The monoisotopic (exact) mass is 258 g/mol. The molecule has 0 radical (unpaired) electrons. The number of aromatic nitrogens is 1. The number of piperidine rings is 1. The van der Waals surface area contributed by atoms with Crippen LogP contribution in [-0.2, 0) is 0 Å². The second kappa shape index (κ2) is 5.15. The molecule has 1 atom stereocenters. The van der Waals surface area contributed by atoms with E-state index in [2.05, 4.69) is 4.98 Å². The van der Waals surface area contributed by atoms with Crippen molar-refractivity contribution in [1.29, 1.82) is 0 Å². The van der Waals surface area contributed by atoms with Gasteiger partial charge in [0.15, 0.2) is 0 Å². The second-order valence-corrected chi connectivity index (χ2v) is 5.59. The number of carbonyl (C=O) groups is 1. The van der Waals surface area contributed by atoms with Crippen LogP contribution in [0.2, 0.25) is 0 Å². The minimum absolute atomic E-state index is 0.0935. The summed E-state index contributed by atoms with van der Waals surface area (Å²) in [6, 6.07) is 0.199. The van der Waals surface area contributed by atoms with E-state index in [0.29, 0.717) is 5.88 Å². The number of amides is 1. The molecule has 16 heavy (non-hydrogen) atoms. The third-order valence-electron chi connectivity index (χ3n) is 2.90. The highest BCUT2D eigenvalue weighted by atomic mass is 35.5. The fourth-order valence-electron chi connectivity index (χ4n) is 2.03. The highest BCUT2D eigenvalue weighted by Crippen LogP contribution is 2.22. The molecule has 1 aromatic rings. The molecule has 0 aromatic carbocycles. The van der Waals surface area contributed by atoms with E-state index in [9.17, 15) is 4.79 Å². The van der Waals surface area contributed by atoms with Crippen LogP contribution in [0.4, 0.5) is 0 Å². The third kappa shape index (κ3) is 2.38. The molecule has 2 rings (SSSR count). The predicted molar refractivity (Wildman–Crippen MR) is 66.2 cm³/mol. The number of aryl methyl sites for hydroxylation is 1. The summed E-state index contributed by atoms with van der Waals surface area (Å²) in [5.41, 5.74) is 0. The Morgan fingerprint density at radius 3 is 3.12 bits per heavy atom. The Kier molecular flexibility index (Phi) is 3.82. The Hall–Kier alpha value is -0.610. The van der Waals surface area contributed by atoms with E-state index in [-0.39, 0.29) is 11.9 Å². The molecule has 0 saturated carbocycles. The molecule has 0 spiro atoms. The molecular weight excluding hydrogens is 244 g/mol. The smallest absolute Gasteiger partial charge is 0.265 e.